The van der Waals surface area contributed by atoms with Crippen molar-refractivity contribution in [1.82, 2.24) is 5.32 Å². The molecule has 0 saturated carbocycles. The van der Waals surface area contributed by atoms with Crippen molar-refractivity contribution in [2.45, 2.75) is 6.04 Å². The molecule has 2 rings (SSSR count). The summed E-state index contributed by atoms with van der Waals surface area (Å²) in [6.45, 7) is -0.292. The largest absolute Gasteiger partial charge is 0.447 e. The van der Waals surface area contributed by atoms with E-state index >= 15 is 0 Å². The quantitative estimate of drug-likeness (QED) is 0.891. The Kier molecular flexibility index (Phi) is 5.09. The van der Waals surface area contributed by atoms with Crippen LogP contribution >= 0.6 is 11.3 Å². The summed E-state index contributed by atoms with van der Waals surface area (Å²) in [7, 11) is 0. The van der Waals surface area contributed by atoms with Gasteiger partial charge >= 0.3 is 6.09 Å². The maximum absolute atomic E-state index is 13.0. The van der Waals surface area contributed by atoms with Gasteiger partial charge in [0.1, 0.15) is 12.4 Å². The molecule has 2 aromatic rings. The van der Waals surface area contributed by atoms with Crippen LogP contribution in [0.5, 0.6) is 0 Å². The highest BCUT2D eigenvalue weighted by molar-refractivity contribution is 7.10. The third-order valence-corrected chi connectivity index (χ3v) is 3.55. The van der Waals surface area contributed by atoms with Crippen LogP contribution in [0.4, 0.5) is 9.18 Å². The number of alkyl carbamates (subject to hydrolysis) is 1. The molecule has 1 unspecified atom stereocenters. The molecular weight excluding hydrogens is 281 g/mol. The second-order valence-corrected chi connectivity index (χ2v) is 4.98. The molecule has 0 aliphatic heterocycles. The molecule has 1 aromatic carbocycles. The molecule has 1 heterocycles. The first-order valence-electron chi connectivity index (χ1n) is 6.03. The fraction of sp³-hybridized carbons (Fsp3) is 0.214. The molecule has 0 aliphatic carbocycles. The first kappa shape index (κ1) is 14.5. The van der Waals surface area contributed by atoms with Crippen LogP contribution < -0.4 is 5.32 Å². The second kappa shape index (κ2) is 7.02. The summed E-state index contributed by atoms with van der Waals surface area (Å²) >= 11 is 1.48. The lowest BCUT2D eigenvalue weighted by Gasteiger charge is -2.17. The van der Waals surface area contributed by atoms with Gasteiger partial charge in [-0.2, -0.15) is 0 Å². The van der Waals surface area contributed by atoms with Gasteiger partial charge in [-0.25, -0.2) is 9.18 Å². The summed E-state index contributed by atoms with van der Waals surface area (Å²) < 4.78 is 17.8. The topological polar surface area (TPSA) is 58.6 Å². The van der Waals surface area contributed by atoms with Crippen LogP contribution in [0.1, 0.15) is 16.5 Å². The maximum Gasteiger partial charge on any atom is 0.407 e. The van der Waals surface area contributed by atoms with Gasteiger partial charge in [0.2, 0.25) is 0 Å². The van der Waals surface area contributed by atoms with Gasteiger partial charge in [-0.05, 0) is 29.1 Å². The molecule has 1 amide bonds. The molecule has 2 N–H and O–H groups in total. The number of hydrogen-bond acceptors (Lipinski definition) is 4. The van der Waals surface area contributed by atoms with Gasteiger partial charge < -0.3 is 15.2 Å². The van der Waals surface area contributed by atoms with Gasteiger partial charge in [0.15, 0.2) is 0 Å². The molecule has 6 heteroatoms. The van der Waals surface area contributed by atoms with Crippen molar-refractivity contribution in [2.75, 3.05) is 13.2 Å². The van der Waals surface area contributed by atoms with E-state index in [0.717, 1.165) is 10.4 Å². The highest BCUT2D eigenvalue weighted by Crippen LogP contribution is 2.26. The molecule has 0 aliphatic rings. The molecule has 106 valence electrons. The highest BCUT2D eigenvalue weighted by atomic mass is 32.1. The summed E-state index contributed by atoms with van der Waals surface area (Å²) in [5.41, 5.74) is 0.759. The number of aliphatic hydroxyl groups is 1. The summed E-state index contributed by atoms with van der Waals surface area (Å²) in [4.78, 5) is 12.5. The molecule has 4 nitrogen and oxygen atoms in total. The average molecular weight is 295 g/mol. The van der Waals surface area contributed by atoms with Gasteiger partial charge in [-0.1, -0.05) is 18.2 Å². The summed E-state index contributed by atoms with van der Waals surface area (Å²) in [5.74, 6) is -0.332. The summed E-state index contributed by atoms with van der Waals surface area (Å²) in [6, 6.07) is 9.27. The Hall–Kier alpha value is -1.92. The SMILES string of the molecule is O=C(NC(c1ccc(F)cc1)c1cccs1)OCCO. The number of thiophene rings is 1. The van der Waals surface area contributed by atoms with E-state index in [4.69, 9.17) is 9.84 Å². The molecule has 0 fully saturated rings. The predicted octanol–water partition coefficient (Wildman–Crippen LogP) is 2.70. The van der Waals surface area contributed by atoms with E-state index in [1.165, 1.54) is 23.5 Å². The van der Waals surface area contributed by atoms with Crippen LogP contribution in [0.25, 0.3) is 0 Å². The molecule has 20 heavy (non-hydrogen) atoms. The van der Waals surface area contributed by atoms with Crippen molar-refractivity contribution in [3.63, 3.8) is 0 Å². The maximum atomic E-state index is 13.0. The molecule has 1 aromatic heterocycles. The van der Waals surface area contributed by atoms with Gasteiger partial charge in [-0.3, -0.25) is 0 Å². The van der Waals surface area contributed by atoms with E-state index in [0.29, 0.717) is 0 Å². The van der Waals surface area contributed by atoms with Crippen molar-refractivity contribution in [1.29, 1.82) is 0 Å². The molecule has 0 bridgehead atoms. The minimum atomic E-state index is -0.623. The van der Waals surface area contributed by atoms with E-state index < -0.39 is 12.1 Å². The van der Waals surface area contributed by atoms with Gasteiger partial charge in [-0.15, -0.1) is 11.3 Å². The second-order valence-electron chi connectivity index (χ2n) is 4.00. The van der Waals surface area contributed by atoms with Crippen LogP contribution in [0, 0.1) is 5.82 Å². The summed E-state index contributed by atoms with van der Waals surface area (Å²) in [5, 5.41) is 13.2. The minimum Gasteiger partial charge on any atom is -0.447 e. The number of carbonyl (C=O) groups is 1. The van der Waals surface area contributed by atoms with E-state index in [9.17, 15) is 9.18 Å². The van der Waals surface area contributed by atoms with Crippen molar-refractivity contribution in [3.05, 3.63) is 58.0 Å². The Bertz CT molecular complexity index is 542. The number of rotatable bonds is 5. The van der Waals surface area contributed by atoms with Gasteiger partial charge in [0.05, 0.1) is 12.6 Å². The zero-order valence-electron chi connectivity index (χ0n) is 10.6. The zero-order valence-corrected chi connectivity index (χ0v) is 11.4. The van der Waals surface area contributed by atoms with E-state index in [1.807, 2.05) is 17.5 Å². The lowest BCUT2D eigenvalue weighted by Crippen LogP contribution is -2.30. The van der Waals surface area contributed by atoms with Crippen molar-refractivity contribution in [2.24, 2.45) is 0 Å². The minimum absolute atomic E-state index is 0.0631. The predicted molar refractivity (Wildman–Crippen MR) is 74.1 cm³/mol. The van der Waals surface area contributed by atoms with Gasteiger partial charge in [0.25, 0.3) is 0 Å². The number of benzene rings is 1. The average Bonchev–Trinajstić information content (AvgIpc) is 2.97. The lowest BCUT2D eigenvalue weighted by molar-refractivity contribution is 0.117. The zero-order chi connectivity index (χ0) is 14.4. The highest BCUT2D eigenvalue weighted by Gasteiger charge is 2.18. The van der Waals surface area contributed by atoms with Gasteiger partial charge in [0, 0.05) is 4.88 Å². The smallest absolute Gasteiger partial charge is 0.407 e. The number of amides is 1. The standard InChI is InChI=1S/C14H14FNO3S/c15-11-5-3-10(4-6-11)13(12-2-1-9-20-12)16-14(18)19-8-7-17/h1-6,9,13,17H,7-8H2,(H,16,18). The number of hydrogen-bond donors (Lipinski definition) is 2. The number of aliphatic hydroxyl groups excluding tert-OH is 1. The number of carbonyl (C=O) groups excluding carboxylic acids is 1. The molecule has 0 radical (unpaired) electrons. The van der Waals surface area contributed by atoms with Crippen molar-refractivity contribution < 1.29 is 19.0 Å². The Morgan fingerprint density at radius 1 is 1.35 bits per heavy atom. The fourth-order valence-electron chi connectivity index (χ4n) is 1.73. The van der Waals surface area contributed by atoms with Crippen LogP contribution in [0.3, 0.4) is 0 Å². The van der Waals surface area contributed by atoms with Crippen LogP contribution in [0.2, 0.25) is 0 Å². The lowest BCUT2D eigenvalue weighted by atomic mass is 10.1. The first-order chi connectivity index (χ1) is 9.70. The molecule has 0 saturated heterocycles. The monoisotopic (exact) mass is 295 g/mol. The van der Waals surface area contributed by atoms with Crippen LogP contribution in [-0.4, -0.2) is 24.4 Å². The van der Waals surface area contributed by atoms with E-state index in [-0.39, 0.29) is 19.0 Å². The van der Waals surface area contributed by atoms with E-state index in [1.54, 1.807) is 12.1 Å². The van der Waals surface area contributed by atoms with Crippen molar-refractivity contribution in [3.8, 4) is 0 Å². The Morgan fingerprint density at radius 2 is 2.10 bits per heavy atom. The molecule has 0 spiro atoms. The van der Waals surface area contributed by atoms with Crippen molar-refractivity contribution >= 4 is 17.4 Å². The first-order valence-corrected chi connectivity index (χ1v) is 6.91. The molecule has 1 atom stereocenters. The Labute approximate surface area is 119 Å². The van der Waals surface area contributed by atoms with Crippen LogP contribution in [-0.2, 0) is 4.74 Å². The normalized spacial score (nSPS) is 11.9. The number of ether oxygens (including phenoxy) is 1. The Morgan fingerprint density at radius 3 is 2.70 bits per heavy atom. The third-order valence-electron chi connectivity index (χ3n) is 2.62. The fourth-order valence-corrected chi connectivity index (χ4v) is 2.53. The van der Waals surface area contributed by atoms with E-state index in [2.05, 4.69) is 5.32 Å². The number of nitrogens with one attached hydrogen (secondary N) is 1. The molecular formula is C14H14FNO3S. The third kappa shape index (κ3) is 3.79. The summed E-state index contributed by atoms with van der Waals surface area (Å²) in [6.07, 6.45) is -0.623. The number of halogens is 1. The Balaban J connectivity index is 2.17. The van der Waals surface area contributed by atoms with Crippen LogP contribution in [0.15, 0.2) is 41.8 Å².